The van der Waals surface area contributed by atoms with Gasteiger partial charge in [-0.1, -0.05) is 30.3 Å². The molecular formula is C16H17NO2. The highest BCUT2D eigenvalue weighted by Crippen LogP contribution is 2.12. The predicted octanol–water partition coefficient (Wildman–Crippen LogP) is 2.98. The number of ether oxygens (including phenoxy) is 1. The van der Waals surface area contributed by atoms with Gasteiger partial charge >= 0.3 is 5.97 Å². The molecule has 0 aliphatic carbocycles. The summed E-state index contributed by atoms with van der Waals surface area (Å²) >= 11 is 0. The third-order valence-corrected chi connectivity index (χ3v) is 2.80. The molecule has 0 saturated heterocycles. The number of esters is 1. The van der Waals surface area contributed by atoms with Crippen molar-refractivity contribution in [3.8, 4) is 0 Å². The van der Waals surface area contributed by atoms with Gasteiger partial charge in [0.15, 0.2) is 0 Å². The first kappa shape index (κ1) is 13.1. The van der Waals surface area contributed by atoms with E-state index in [1.54, 1.807) is 12.1 Å². The Kier molecular flexibility index (Phi) is 4.18. The molecule has 0 fully saturated rings. The van der Waals surface area contributed by atoms with E-state index in [1.165, 1.54) is 0 Å². The van der Waals surface area contributed by atoms with Crippen LogP contribution in [-0.2, 0) is 11.2 Å². The van der Waals surface area contributed by atoms with E-state index in [1.807, 2.05) is 43.3 Å². The molecule has 0 aliphatic heterocycles. The van der Waals surface area contributed by atoms with Crippen molar-refractivity contribution >= 4 is 11.7 Å². The molecule has 0 amide bonds. The third kappa shape index (κ3) is 3.85. The van der Waals surface area contributed by atoms with Crippen molar-refractivity contribution < 1.29 is 9.53 Å². The molecule has 0 bridgehead atoms. The van der Waals surface area contributed by atoms with E-state index in [-0.39, 0.29) is 5.97 Å². The maximum atomic E-state index is 11.9. The van der Waals surface area contributed by atoms with Crippen molar-refractivity contribution in [3.63, 3.8) is 0 Å². The Morgan fingerprint density at radius 3 is 2.58 bits per heavy atom. The van der Waals surface area contributed by atoms with Gasteiger partial charge in [-0.15, -0.1) is 0 Å². The van der Waals surface area contributed by atoms with Crippen LogP contribution in [0, 0.1) is 6.92 Å². The second-order valence-corrected chi connectivity index (χ2v) is 4.50. The number of aryl methyl sites for hydroxylation is 1. The van der Waals surface area contributed by atoms with Crippen LogP contribution >= 0.6 is 0 Å². The molecule has 2 aromatic carbocycles. The minimum absolute atomic E-state index is 0.327. The van der Waals surface area contributed by atoms with Gasteiger partial charge in [-0.3, -0.25) is 0 Å². The van der Waals surface area contributed by atoms with Gasteiger partial charge in [0.1, 0.15) is 0 Å². The summed E-state index contributed by atoms with van der Waals surface area (Å²) in [6.45, 7) is 2.27. The van der Waals surface area contributed by atoms with E-state index >= 15 is 0 Å². The van der Waals surface area contributed by atoms with Crippen LogP contribution < -0.4 is 5.73 Å². The maximum absolute atomic E-state index is 11.9. The monoisotopic (exact) mass is 255 g/mol. The first-order valence-electron chi connectivity index (χ1n) is 6.23. The van der Waals surface area contributed by atoms with Gasteiger partial charge in [-0.2, -0.15) is 0 Å². The van der Waals surface area contributed by atoms with Crippen LogP contribution in [0.1, 0.15) is 21.5 Å². The molecule has 3 nitrogen and oxygen atoms in total. The summed E-state index contributed by atoms with van der Waals surface area (Å²) in [7, 11) is 0. The zero-order valence-corrected chi connectivity index (χ0v) is 10.9. The van der Waals surface area contributed by atoms with Gasteiger partial charge in [0, 0.05) is 12.1 Å². The topological polar surface area (TPSA) is 52.3 Å². The molecule has 0 aliphatic rings. The van der Waals surface area contributed by atoms with E-state index in [9.17, 15) is 4.79 Å². The standard InChI is InChI=1S/C16H17NO2/c1-12-9-14(11-15(17)10-12)16(18)19-8-7-13-5-3-2-4-6-13/h2-6,9-11H,7-8,17H2,1H3. The molecule has 2 rings (SSSR count). The van der Waals surface area contributed by atoms with Crippen molar-refractivity contribution in [2.45, 2.75) is 13.3 Å². The Morgan fingerprint density at radius 2 is 1.89 bits per heavy atom. The van der Waals surface area contributed by atoms with Gasteiger partial charge in [-0.25, -0.2) is 4.79 Å². The van der Waals surface area contributed by atoms with Crippen LogP contribution in [0.4, 0.5) is 5.69 Å². The van der Waals surface area contributed by atoms with E-state index in [2.05, 4.69) is 0 Å². The Hall–Kier alpha value is -2.29. The summed E-state index contributed by atoms with van der Waals surface area (Å²) in [5, 5.41) is 0. The lowest BCUT2D eigenvalue weighted by atomic mass is 10.1. The average Bonchev–Trinajstić information content (AvgIpc) is 2.38. The number of benzene rings is 2. The van der Waals surface area contributed by atoms with Crippen LogP contribution in [-0.4, -0.2) is 12.6 Å². The van der Waals surface area contributed by atoms with Crippen molar-refractivity contribution in [1.29, 1.82) is 0 Å². The van der Waals surface area contributed by atoms with Gasteiger partial charge < -0.3 is 10.5 Å². The zero-order valence-electron chi connectivity index (χ0n) is 10.9. The first-order valence-corrected chi connectivity index (χ1v) is 6.23. The summed E-state index contributed by atoms with van der Waals surface area (Å²) in [6.07, 6.45) is 0.716. The lowest BCUT2D eigenvalue weighted by Gasteiger charge is -2.06. The first-order chi connectivity index (χ1) is 9.15. The fraction of sp³-hybridized carbons (Fsp3) is 0.188. The Morgan fingerprint density at radius 1 is 1.16 bits per heavy atom. The quantitative estimate of drug-likeness (QED) is 0.675. The minimum Gasteiger partial charge on any atom is -0.462 e. The van der Waals surface area contributed by atoms with Crippen LogP contribution in [0.5, 0.6) is 0 Å². The van der Waals surface area contributed by atoms with Crippen LogP contribution in [0.15, 0.2) is 48.5 Å². The molecule has 0 heterocycles. The molecule has 0 spiro atoms. The molecule has 0 aromatic heterocycles. The largest absolute Gasteiger partial charge is 0.462 e. The number of carbonyl (C=O) groups excluding carboxylic acids is 1. The summed E-state index contributed by atoms with van der Waals surface area (Å²) in [5.41, 5.74) is 8.90. The smallest absolute Gasteiger partial charge is 0.338 e. The van der Waals surface area contributed by atoms with E-state index in [0.717, 1.165) is 11.1 Å². The average molecular weight is 255 g/mol. The molecular weight excluding hydrogens is 238 g/mol. The molecule has 0 atom stereocenters. The zero-order chi connectivity index (χ0) is 13.7. The van der Waals surface area contributed by atoms with Gasteiger partial charge in [0.25, 0.3) is 0 Å². The summed E-state index contributed by atoms with van der Waals surface area (Å²) in [4.78, 5) is 11.9. The minimum atomic E-state index is -0.327. The normalized spacial score (nSPS) is 10.2. The van der Waals surface area contributed by atoms with E-state index in [0.29, 0.717) is 24.3 Å². The number of anilines is 1. The molecule has 0 unspecified atom stereocenters. The number of rotatable bonds is 4. The van der Waals surface area contributed by atoms with Crippen molar-refractivity contribution in [2.24, 2.45) is 0 Å². The van der Waals surface area contributed by atoms with Crippen molar-refractivity contribution in [3.05, 3.63) is 65.2 Å². The van der Waals surface area contributed by atoms with Gasteiger partial charge in [0.2, 0.25) is 0 Å². The molecule has 0 saturated carbocycles. The fourth-order valence-corrected chi connectivity index (χ4v) is 1.92. The second kappa shape index (κ2) is 6.05. The van der Waals surface area contributed by atoms with Crippen molar-refractivity contribution in [2.75, 3.05) is 12.3 Å². The summed E-state index contributed by atoms with van der Waals surface area (Å²) in [6, 6.07) is 15.2. The van der Waals surface area contributed by atoms with Crippen LogP contribution in [0.25, 0.3) is 0 Å². The maximum Gasteiger partial charge on any atom is 0.338 e. The summed E-state index contributed by atoms with van der Waals surface area (Å²) < 4.78 is 5.25. The Bertz CT molecular complexity index is 544. The Balaban J connectivity index is 1.91. The molecule has 0 radical (unpaired) electrons. The van der Waals surface area contributed by atoms with Crippen molar-refractivity contribution in [1.82, 2.24) is 0 Å². The third-order valence-electron chi connectivity index (χ3n) is 2.80. The SMILES string of the molecule is Cc1cc(N)cc(C(=O)OCCc2ccccc2)c1. The molecule has 19 heavy (non-hydrogen) atoms. The fourth-order valence-electron chi connectivity index (χ4n) is 1.92. The number of hydrogen-bond acceptors (Lipinski definition) is 3. The highest BCUT2D eigenvalue weighted by molar-refractivity contribution is 5.90. The van der Waals surface area contributed by atoms with Gasteiger partial charge in [0.05, 0.1) is 12.2 Å². The van der Waals surface area contributed by atoms with E-state index in [4.69, 9.17) is 10.5 Å². The van der Waals surface area contributed by atoms with Gasteiger partial charge in [-0.05, 0) is 36.2 Å². The number of nitrogen functional groups attached to an aromatic ring is 1. The number of nitrogens with two attached hydrogens (primary N) is 1. The Labute approximate surface area is 113 Å². The van der Waals surface area contributed by atoms with Crippen LogP contribution in [0.3, 0.4) is 0 Å². The highest BCUT2D eigenvalue weighted by atomic mass is 16.5. The number of hydrogen-bond donors (Lipinski definition) is 1. The molecule has 2 N–H and O–H groups in total. The highest BCUT2D eigenvalue weighted by Gasteiger charge is 2.08. The van der Waals surface area contributed by atoms with E-state index < -0.39 is 0 Å². The lowest BCUT2D eigenvalue weighted by Crippen LogP contribution is -2.09. The predicted molar refractivity (Wildman–Crippen MR) is 76.0 cm³/mol. The summed E-state index contributed by atoms with van der Waals surface area (Å²) in [5.74, 6) is -0.327. The molecule has 2 aromatic rings. The molecule has 3 heteroatoms. The number of carbonyl (C=O) groups is 1. The molecule has 98 valence electrons. The second-order valence-electron chi connectivity index (χ2n) is 4.50. The van der Waals surface area contributed by atoms with Crippen LogP contribution in [0.2, 0.25) is 0 Å². The lowest BCUT2D eigenvalue weighted by molar-refractivity contribution is 0.0509.